The van der Waals surface area contributed by atoms with E-state index < -0.39 is 0 Å². The standard InChI is InChI=1S/C18H24N2O3.ClH/c19-16-11-3-1-4-12(16)10-13(9-11)18(21)20-14-5-2-6-15-17(14)23-8-7-22-15;/h2,5-6,11-13,16H,1,3-4,7-10,19H2,(H,20,21);1H. The van der Waals surface area contributed by atoms with Gasteiger partial charge < -0.3 is 20.5 Å². The number of carbonyl (C=O) groups is 1. The van der Waals surface area contributed by atoms with Crippen LogP contribution in [0.3, 0.4) is 0 Å². The highest BCUT2D eigenvalue weighted by Gasteiger charge is 2.40. The van der Waals surface area contributed by atoms with Crippen LogP contribution in [0, 0.1) is 17.8 Å². The minimum Gasteiger partial charge on any atom is -0.486 e. The van der Waals surface area contributed by atoms with Gasteiger partial charge in [-0.05, 0) is 49.7 Å². The van der Waals surface area contributed by atoms with Crippen molar-refractivity contribution >= 4 is 24.0 Å². The molecular formula is C18H25ClN2O3. The fraction of sp³-hybridized carbons (Fsp3) is 0.611. The number of halogens is 1. The Bertz CT molecular complexity index is 596. The topological polar surface area (TPSA) is 73.6 Å². The predicted molar refractivity (Wildman–Crippen MR) is 94.8 cm³/mol. The number of hydrogen-bond acceptors (Lipinski definition) is 4. The van der Waals surface area contributed by atoms with E-state index in [0.29, 0.717) is 42.2 Å². The van der Waals surface area contributed by atoms with Crippen LogP contribution >= 0.6 is 12.4 Å². The number of amides is 1. The largest absolute Gasteiger partial charge is 0.486 e. The maximum Gasteiger partial charge on any atom is 0.227 e. The van der Waals surface area contributed by atoms with E-state index in [2.05, 4.69) is 5.32 Å². The lowest BCUT2D eigenvalue weighted by atomic mass is 9.65. The molecule has 1 amide bonds. The van der Waals surface area contributed by atoms with Crippen molar-refractivity contribution in [3.63, 3.8) is 0 Å². The first-order chi connectivity index (χ1) is 11.2. The van der Waals surface area contributed by atoms with Crippen LogP contribution in [0.5, 0.6) is 11.5 Å². The van der Waals surface area contributed by atoms with Crippen molar-refractivity contribution in [3.8, 4) is 11.5 Å². The molecule has 2 fully saturated rings. The number of ether oxygens (including phenoxy) is 2. The monoisotopic (exact) mass is 352 g/mol. The van der Waals surface area contributed by atoms with Gasteiger partial charge in [-0.15, -0.1) is 12.4 Å². The van der Waals surface area contributed by atoms with Crippen LogP contribution in [0.25, 0.3) is 0 Å². The average Bonchev–Trinajstić information content (AvgIpc) is 2.55. The van der Waals surface area contributed by atoms with Crippen molar-refractivity contribution in [2.75, 3.05) is 18.5 Å². The van der Waals surface area contributed by atoms with Crippen LogP contribution in [0.15, 0.2) is 18.2 Å². The summed E-state index contributed by atoms with van der Waals surface area (Å²) >= 11 is 0. The summed E-state index contributed by atoms with van der Waals surface area (Å²) in [5.41, 5.74) is 7.04. The van der Waals surface area contributed by atoms with E-state index in [4.69, 9.17) is 15.2 Å². The molecule has 1 aromatic carbocycles. The first kappa shape index (κ1) is 17.4. The van der Waals surface area contributed by atoms with Crippen LogP contribution in [0.4, 0.5) is 5.69 Å². The van der Waals surface area contributed by atoms with Crippen LogP contribution in [-0.4, -0.2) is 25.2 Å². The Hall–Kier alpha value is -1.46. The molecule has 0 radical (unpaired) electrons. The number of anilines is 1. The molecule has 2 unspecified atom stereocenters. The highest BCUT2D eigenvalue weighted by atomic mass is 35.5. The Morgan fingerprint density at radius 3 is 2.58 bits per heavy atom. The SMILES string of the molecule is Cl.NC1C2CCCC1CC(C(=O)Nc1cccc3c1OCCO3)C2. The number of fused-ring (bicyclic) bond motifs is 3. The second-order valence-electron chi connectivity index (χ2n) is 7.02. The summed E-state index contributed by atoms with van der Waals surface area (Å²) in [6.45, 7) is 1.07. The van der Waals surface area contributed by atoms with Crippen molar-refractivity contribution in [1.29, 1.82) is 0 Å². The molecule has 5 nitrogen and oxygen atoms in total. The fourth-order valence-corrected chi connectivity index (χ4v) is 4.41. The molecule has 1 aliphatic heterocycles. The van der Waals surface area contributed by atoms with Crippen LogP contribution in [-0.2, 0) is 4.79 Å². The second-order valence-corrected chi connectivity index (χ2v) is 7.02. The highest BCUT2D eigenvalue weighted by molar-refractivity contribution is 5.94. The van der Waals surface area contributed by atoms with Gasteiger partial charge in [-0.25, -0.2) is 0 Å². The van der Waals surface area contributed by atoms with Gasteiger partial charge in [0.2, 0.25) is 5.91 Å². The van der Waals surface area contributed by atoms with Gasteiger partial charge in [-0.2, -0.15) is 0 Å². The molecule has 6 heteroatoms. The van der Waals surface area contributed by atoms with Crippen LogP contribution in [0.2, 0.25) is 0 Å². The zero-order valence-electron chi connectivity index (χ0n) is 13.7. The molecule has 1 heterocycles. The summed E-state index contributed by atoms with van der Waals surface area (Å²) in [7, 11) is 0. The number of para-hydroxylation sites is 1. The number of rotatable bonds is 2. The summed E-state index contributed by atoms with van der Waals surface area (Å²) in [4.78, 5) is 12.7. The van der Waals surface area contributed by atoms with Crippen molar-refractivity contribution in [1.82, 2.24) is 0 Å². The maximum atomic E-state index is 12.7. The lowest BCUT2D eigenvalue weighted by Crippen LogP contribution is -2.48. The normalized spacial score (nSPS) is 30.9. The molecule has 0 saturated heterocycles. The first-order valence-electron chi connectivity index (χ1n) is 8.67. The zero-order chi connectivity index (χ0) is 15.8. The van der Waals surface area contributed by atoms with Gasteiger partial charge in [-0.3, -0.25) is 4.79 Å². The second kappa shape index (κ2) is 7.19. The fourth-order valence-electron chi connectivity index (χ4n) is 4.41. The highest BCUT2D eigenvalue weighted by Crippen LogP contribution is 2.43. The van der Waals surface area contributed by atoms with Crippen molar-refractivity contribution in [2.45, 2.75) is 38.1 Å². The lowest BCUT2D eigenvalue weighted by molar-refractivity contribution is -0.122. The third kappa shape index (κ3) is 3.20. The van der Waals surface area contributed by atoms with Crippen molar-refractivity contribution < 1.29 is 14.3 Å². The van der Waals surface area contributed by atoms with Crippen molar-refractivity contribution in [3.05, 3.63) is 18.2 Å². The third-order valence-electron chi connectivity index (χ3n) is 5.61. The lowest BCUT2D eigenvalue weighted by Gasteiger charge is -2.43. The number of hydrogen-bond donors (Lipinski definition) is 2. The molecule has 2 atom stereocenters. The molecule has 3 N–H and O–H groups in total. The Labute approximate surface area is 148 Å². The van der Waals surface area contributed by atoms with E-state index in [-0.39, 0.29) is 30.3 Å². The van der Waals surface area contributed by atoms with Gasteiger partial charge in [0.1, 0.15) is 13.2 Å². The van der Waals surface area contributed by atoms with E-state index in [1.807, 2.05) is 18.2 Å². The van der Waals surface area contributed by atoms with Crippen LogP contribution < -0.4 is 20.5 Å². The van der Waals surface area contributed by atoms with E-state index in [1.54, 1.807) is 0 Å². The van der Waals surface area contributed by atoms with Crippen molar-refractivity contribution in [2.24, 2.45) is 23.5 Å². The molecule has 2 bridgehead atoms. The smallest absolute Gasteiger partial charge is 0.227 e. The number of nitrogens with two attached hydrogens (primary N) is 1. The first-order valence-corrected chi connectivity index (χ1v) is 8.67. The van der Waals surface area contributed by atoms with Gasteiger partial charge in [-0.1, -0.05) is 12.5 Å². The minimum atomic E-state index is 0. The maximum absolute atomic E-state index is 12.7. The summed E-state index contributed by atoms with van der Waals surface area (Å²) in [5.74, 6) is 2.52. The molecule has 0 aromatic heterocycles. The molecule has 1 aromatic rings. The molecule has 24 heavy (non-hydrogen) atoms. The van der Waals surface area contributed by atoms with Gasteiger partial charge in [0.25, 0.3) is 0 Å². The number of nitrogens with one attached hydrogen (secondary N) is 1. The number of benzene rings is 1. The van der Waals surface area contributed by atoms with Gasteiger partial charge in [0, 0.05) is 12.0 Å². The predicted octanol–water partition coefficient (Wildman–Crippen LogP) is 2.97. The summed E-state index contributed by atoms with van der Waals surface area (Å²) in [5, 5.41) is 3.06. The van der Waals surface area contributed by atoms with E-state index in [1.165, 1.54) is 19.3 Å². The Kier molecular flexibility index (Phi) is 5.21. The van der Waals surface area contributed by atoms with E-state index in [9.17, 15) is 4.79 Å². The number of carbonyl (C=O) groups excluding carboxylic acids is 1. The molecule has 132 valence electrons. The Morgan fingerprint density at radius 2 is 1.83 bits per heavy atom. The van der Waals surface area contributed by atoms with Gasteiger partial charge >= 0.3 is 0 Å². The van der Waals surface area contributed by atoms with E-state index >= 15 is 0 Å². The molecule has 3 aliphatic rings. The quantitative estimate of drug-likeness (QED) is 0.858. The average molecular weight is 353 g/mol. The Morgan fingerprint density at radius 1 is 1.12 bits per heavy atom. The zero-order valence-corrected chi connectivity index (χ0v) is 14.5. The van der Waals surface area contributed by atoms with Gasteiger partial charge in [0.05, 0.1) is 5.69 Å². The van der Waals surface area contributed by atoms with E-state index in [0.717, 1.165) is 12.8 Å². The van der Waals surface area contributed by atoms with Gasteiger partial charge in [0.15, 0.2) is 11.5 Å². The summed E-state index contributed by atoms with van der Waals surface area (Å²) < 4.78 is 11.2. The molecule has 2 aliphatic carbocycles. The molecule has 4 rings (SSSR count). The molecule has 2 saturated carbocycles. The molecular weight excluding hydrogens is 328 g/mol. The summed E-state index contributed by atoms with van der Waals surface area (Å²) in [6, 6.07) is 5.91. The minimum absolute atomic E-state index is 0. The summed E-state index contributed by atoms with van der Waals surface area (Å²) in [6.07, 6.45) is 5.42. The molecule has 0 spiro atoms. The third-order valence-corrected chi connectivity index (χ3v) is 5.61. The Balaban J connectivity index is 0.00000169. The van der Waals surface area contributed by atoms with Crippen LogP contribution in [0.1, 0.15) is 32.1 Å².